The minimum absolute atomic E-state index is 0.607. The van der Waals surface area contributed by atoms with Gasteiger partial charge in [-0.1, -0.05) is 24.5 Å². The van der Waals surface area contributed by atoms with Gasteiger partial charge in [0.15, 0.2) is 0 Å². The topological polar surface area (TPSA) is 42.7 Å². The van der Waals surface area contributed by atoms with Crippen LogP contribution >= 0.6 is 0 Å². The average Bonchev–Trinajstić information content (AvgIpc) is 2.73. The van der Waals surface area contributed by atoms with Gasteiger partial charge in [0.25, 0.3) is 0 Å². The molecule has 0 aromatic carbocycles. The molecule has 2 rings (SSSR count). The molecule has 0 bridgehead atoms. The van der Waals surface area contributed by atoms with Gasteiger partial charge < -0.3 is 5.32 Å². The van der Waals surface area contributed by atoms with Crippen LogP contribution in [0.15, 0.2) is 6.20 Å². The van der Waals surface area contributed by atoms with Crippen LogP contribution in [0.1, 0.15) is 44.7 Å². The minimum atomic E-state index is 0.607. The highest BCUT2D eigenvalue weighted by Gasteiger charge is 2.19. The van der Waals surface area contributed by atoms with Crippen molar-refractivity contribution in [2.24, 2.45) is 13.0 Å². The Hall–Kier alpha value is -0.900. The Morgan fingerprint density at radius 1 is 1.44 bits per heavy atom. The van der Waals surface area contributed by atoms with E-state index >= 15 is 0 Å². The van der Waals surface area contributed by atoms with Gasteiger partial charge in [0.2, 0.25) is 0 Å². The van der Waals surface area contributed by atoms with E-state index in [-0.39, 0.29) is 0 Å². The molecule has 1 aliphatic carbocycles. The van der Waals surface area contributed by atoms with E-state index in [1.807, 2.05) is 17.9 Å². The third kappa shape index (κ3) is 2.82. The SMILES string of the molecule is C[C@H](NCc1cnnn1C)C1CCCCC1. The summed E-state index contributed by atoms with van der Waals surface area (Å²) in [7, 11) is 1.94. The molecule has 90 valence electrons. The lowest BCUT2D eigenvalue weighted by molar-refractivity contribution is 0.279. The maximum Gasteiger partial charge on any atom is 0.0738 e. The van der Waals surface area contributed by atoms with Gasteiger partial charge in [0, 0.05) is 19.6 Å². The second-order valence-electron chi connectivity index (χ2n) is 4.92. The highest BCUT2D eigenvalue weighted by atomic mass is 15.4. The first-order valence-corrected chi connectivity index (χ1v) is 6.34. The molecule has 1 aliphatic rings. The molecule has 16 heavy (non-hydrogen) atoms. The number of nitrogens with zero attached hydrogens (tertiary/aromatic N) is 3. The molecule has 1 saturated carbocycles. The number of hydrogen-bond donors (Lipinski definition) is 1. The van der Waals surface area contributed by atoms with Gasteiger partial charge >= 0.3 is 0 Å². The fourth-order valence-electron chi connectivity index (χ4n) is 2.54. The van der Waals surface area contributed by atoms with E-state index in [1.165, 1.54) is 32.1 Å². The molecular formula is C12H22N4. The Labute approximate surface area is 97.4 Å². The lowest BCUT2D eigenvalue weighted by Crippen LogP contribution is -2.34. The van der Waals surface area contributed by atoms with Crippen molar-refractivity contribution in [3.8, 4) is 0 Å². The van der Waals surface area contributed by atoms with Crippen LogP contribution in [-0.4, -0.2) is 21.0 Å². The molecule has 1 fully saturated rings. The number of aryl methyl sites for hydroxylation is 1. The molecule has 1 aromatic heterocycles. The molecule has 0 amide bonds. The minimum Gasteiger partial charge on any atom is -0.308 e. The predicted molar refractivity (Wildman–Crippen MR) is 63.9 cm³/mol. The molecular weight excluding hydrogens is 200 g/mol. The quantitative estimate of drug-likeness (QED) is 0.845. The maximum atomic E-state index is 3.93. The monoisotopic (exact) mass is 222 g/mol. The van der Waals surface area contributed by atoms with Crippen molar-refractivity contribution in [2.75, 3.05) is 0 Å². The van der Waals surface area contributed by atoms with Gasteiger partial charge in [0.1, 0.15) is 0 Å². The molecule has 1 aromatic rings. The third-order valence-corrected chi connectivity index (χ3v) is 3.77. The van der Waals surface area contributed by atoms with Crippen LogP contribution in [0.2, 0.25) is 0 Å². The summed E-state index contributed by atoms with van der Waals surface area (Å²) in [6.45, 7) is 3.18. The lowest BCUT2D eigenvalue weighted by Gasteiger charge is -2.28. The standard InChI is InChI=1S/C12H22N4/c1-10(11-6-4-3-5-7-11)13-8-12-9-14-15-16(12)2/h9-11,13H,3-8H2,1-2H3/t10-/m0/s1. The molecule has 1 atom stereocenters. The van der Waals surface area contributed by atoms with Gasteiger partial charge in [-0.2, -0.15) is 0 Å². The van der Waals surface area contributed by atoms with E-state index in [0.29, 0.717) is 6.04 Å². The maximum absolute atomic E-state index is 3.93. The largest absolute Gasteiger partial charge is 0.308 e. The van der Waals surface area contributed by atoms with Gasteiger partial charge in [-0.25, -0.2) is 0 Å². The average molecular weight is 222 g/mol. The van der Waals surface area contributed by atoms with Crippen LogP contribution in [-0.2, 0) is 13.6 Å². The van der Waals surface area contributed by atoms with E-state index in [4.69, 9.17) is 0 Å². The van der Waals surface area contributed by atoms with E-state index in [9.17, 15) is 0 Å². The van der Waals surface area contributed by atoms with E-state index in [1.54, 1.807) is 0 Å². The Bertz CT molecular complexity index is 315. The van der Waals surface area contributed by atoms with Crippen LogP contribution < -0.4 is 5.32 Å². The lowest BCUT2D eigenvalue weighted by atomic mass is 9.84. The van der Waals surface area contributed by atoms with Crippen LogP contribution in [0.3, 0.4) is 0 Å². The van der Waals surface area contributed by atoms with Crippen molar-refractivity contribution in [3.63, 3.8) is 0 Å². The van der Waals surface area contributed by atoms with E-state index < -0.39 is 0 Å². The molecule has 0 unspecified atom stereocenters. The normalized spacial score (nSPS) is 19.9. The van der Waals surface area contributed by atoms with Crippen molar-refractivity contribution >= 4 is 0 Å². The zero-order valence-corrected chi connectivity index (χ0v) is 10.3. The van der Waals surface area contributed by atoms with Gasteiger partial charge in [-0.05, 0) is 25.7 Å². The van der Waals surface area contributed by atoms with Gasteiger partial charge in [-0.3, -0.25) is 4.68 Å². The first-order valence-electron chi connectivity index (χ1n) is 6.34. The summed E-state index contributed by atoms with van der Waals surface area (Å²) >= 11 is 0. The van der Waals surface area contributed by atoms with Crippen molar-refractivity contribution in [1.82, 2.24) is 20.3 Å². The summed E-state index contributed by atoms with van der Waals surface area (Å²) in [6, 6.07) is 0.607. The molecule has 1 heterocycles. The third-order valence-electron chi connectivity index (χ3n) is 3.77. The van der Waals surface area contributed by atoms with Crippen molar-refractivity contribution in [1.29, 1.82) is 0 Å². The van der Waals surface area contributed by atoms with Crippen molar-refractivity contribution in [2.45, 2.75) is 51.6 Å². The predicted octanol–water partition coefficient (Wildman–Crippen LogP) is 1.87. The first-order chi connectivity index (χ1) is 7.77. The molecule has 4 heteroatoms. The Morgan fingerprint density at radius 3 is 2.81 bits per heavy atom. The second kappa shape index (κ2) is 5.43. The molecule has 0 spiro atoms. The summed E-state index contributed by atoms with van der Waals surface area (Å²) < 4.78 is 1.83. The smallest absolute Gasteiger partial charge is 0.0738 e. The summed E-state index contributed by atoms with van der Waals surface area (Å²) in [5.41, 5.74) is 1.16. The van der Waals surface area contributed by atoms with Gasteiger partial charge in [0.05, 0.1) is 11.9 Å². The van der Waals surface area contributed by atoms with Crippen LogP contribution in [0.25, 0.3) is 0 Å². The summed E-state index contributed by atoms with van der Waals surface area (Å²) in [5.74, 6) is 0.856. The number of nitrogens with one attached hydrogen (secondary N) is 1. The number of aromatic nitrogens is 3. The Kier molecular flexibility index (Phi) is 3.93. The summed E-state index contributed by atoms with van der Waals surface area (Å²) in [6.07, 6.45) is 8.85. The number of rotatable bonds is 4. The van der Waals surface area contributed by atoms with Crippen molar-refractivity contribution < 1.29 is 0 Å². The second-order valence-corrected chi connectivity index (χ2v) is 4.92. The Morgan fingerprint density at radius 2 is 2.19 bits per heavy atom. The summed E-state index contributed by atoms with van der Waals surface area (Å²) in [4.78, 5) is 0. The molecule has 4 nitrogen and oxygen atoms in total. The van der Waals surface area contributed by atoms with Crippen LogP contribution in [0, 0.1) is 5.92 Å². The Balaban J connectivity index is 1.78. The first kappa shape index (κ1) is 11.6. The van der Waals surface area contributed by atoms with E-state index in [0.717, 1.165) is 18.2 Å². The molecule has 0 aliphatic heterocycles. The zero-order valence-electron chi connectivity index (χ0n) is 10.3. The summed E-state index contributed by atoms with van der Waals surface area (Å²) in [5, 5.41) is 11.4. The molecule has 0 radical (unpaired) electrons. The van der Waals surface area contributed by atoms with Crippen LogP contribution in [0.5, 0.6) is 0 Å². The number of hydrogen-bond acceptors (Lipinski definition) is 3. The van der Waals surface area contributed by atoms with Crippen molar-refractivity contribution in [3.05, 3.63) is 11.9 Å². The highest BCUT2D eigenvalue weighted by Crippen LogP contribution is 2.26. The highest BCUT2D eigenvalue weighted by molar-refractivity contribution is 4.93. The fraction of sp³-hybridized carbons (Fsp3) is 0.833. The van der Waals surface area contributed by atoms with Gasteiger partial charge in [-0.15, -0.1) is 5.10 Å². The van der Waals surface area contributed by atoms with Crippen LogP contribution in [0.4, 0.5) is 0 Å². The fourth-order valence-corrected chi connectivity index (χ4v) is 2.54. The molecule has 0 saturated heterocycles. The van der Waals surface area contributed by atoms with E-state index in [2.05, 4.69) is 22.6 Å². The zero-order chi connectivity index (χ0) is 11.4. The molecule has 1 N–H and O–H groups in total.